The zero-order chi connectivity index (χ0) is 12.4. The van der Waals surface area contributed by atoms with Gasteiger partial charge in [-0.15, -0.1) is 0 Å². The molecule has 0 amide bonds. The molecule has 1 fully saturated rings. The number of hydrogen-bond acceptors (Lipinski definition) is 4. The number of aryl methyl sites for hydroxylation is 1. The quantitative estimate of drug-likeness (QED) is 0.842. The molecular formula is C14H21N3O. The molecule has 1 unspecified atom stereocenters. The Balaban J connectivity index is 1.75. The minimum Gasteiger partial charge on any atom is -0.464 e. The van der Waals surface area contributed by atoms with E-state index in [1.54, 1.807) is 0 Å². The molecule has 1 atom stereocenters. The summed E-state index contributed by atoms with van der Waals surface area (Å²) in [6.45, 7) is 3.75. The molecule has 2 heterocycles. The number of amidine groups is 1. The van der Waals surface area contributed by atoms with Crippen LogP contribution < -0.4 is 10.6 Å². The van der Waals surface area contributed by atoms with Crippen molar-refractivity contribution in [3.05, 3.63) is 23.7 Å². The van der Waals surface area contributed by atoms with Crippen molar-refractivity contribution in [1.29, 1.82) is 0 Å². The first-order valence-corrected chi connectivity index (χ1v) is 6.93. The Morgan fingerprint density at radius 2 is 2.17 bits per heavy atom. The fourth-order valence-corrected chi connectivity index (χ4v) is 2.83. The molecule has 2 aliphatic rings. The highest BCUT2D eigenvalue weighted by Crippen LogP contribution is 2.22. The Bertz CT molecular complexity index is 432. The largest absolute Gasteiger partial charge is 0.464 e. The number of aliphatic imine (C=N–C) groups is 1. The first-order chi connectivity index (χ1) is 8.83. The van der Waals surface area contributed by atoms with Crippen LogP contribution in [0.4, 0.5) is 0 Å². The summed E-state index contributed by atoms with van der Waals surface area (Å²) < 4.78 is 5.73. The normalized spacial score (nSPS) is 25.2. The lowest BCUT2D eigenvalue weighted by atomic mass is 10.1. The number of nitrogens with one attached hydrogen (secondary N) is 2. The summed E-state index contributed by atoms with van der Waals surface area (Å²) in [6, 6.07) is 4.76. The van der Waals surface area contributed by atoms with Crippen LogP contribution >= 0.6 is 0 Å². The molecule has 4 nitrogen and oxygen atoms in total. The van der Waals surface area contributed by atoms with E-state index in [-0.39, 0.29) is 6.04 Å². The summed E-state index contributed by atoms with van der Waals surface area (Å²) in [4.78, 5) is 4.64. The third-order valence-corrected chi connectivity index (χ3v) is 3.77. The first kappa shape index (κ1) is 11.8. The van der Waals surface area contributed by atoms with Gasteiger partial charge in [-0.05, 0) is 31.9 Å². The van der Waals surface area contributed by atoms with Crippen LogP contribution in [0.25, 0.3) is 0 Å². The van der Waals surface area contributed by atoms with E-state index >= 15 is 0 Å². The van der Waals surface area contributed by atoms with Gasteiger partial charge in [-0.3, -0.25) is 10.3 Å². The lowest BCUT2D eigenvalue weighted by Crippen LogP contribution is -2.45. The van der Waals surface area contributed by atoms with Gasteiger partial charge in [0.2, 0.25) is 0 Å². The maximum atomic E-state index is 5.73. The molecule has 1 aliphatic carbocycles. The van der Waals surface area contributed by atoms with Crippen LogP contribution in [0.3, 0.4) is 0 Å². The van der Waals surface area contributed by atoms with Gasteiger partial charge in [0.15, 0.2) is 0 Å². The Kier molecular flexibility index (Phi) is 3.37. The van der Waals surface area contributed by atoms with E-state index in [4.69, 9.17) is 4.42 Å². The van der Waals surface area contributed by atoms with Crippen molar-refractivity contribution in [3.63, 3.8) is 0 Å². The Hall–Kier alpha value is -1.29. The summed E-state index contributed by atoms with van der Waals surface area (Å²) >= 11 is 0. The zero-order valence-corrected chi connectivity index (χ0v) is 10.9. The van der Waals surface area contributed by atoms with Crippen LogP contribution in [-0.4, -0.2) is 25.0 Å². The van der Waals surface area contributed by atoms with Crippen molar-refractivity contribution in [1.82, 2.24) is 10.6 Å². The molecule has 0 aromatic carbocycles. The van der Waals surface area contributed by atoms with E-state index in [9.17, 15) is 0 Å². The molecule has 0 spiro atoms. The number of rotatable bonds is 2. The highest BCUT2D eigenvalue weighted by atomic mass is 16.3. The SMILES string of the molecule is Cc1ccc(C2NCCN=C2NC2CCCC2)o1. The molecule has 4 heteroatoms. The summed E-state index contributed by atoms with van der Waals surface area (Å²) in [5.41, 5.74) is 0. The lowest BCUT2D eigenvalue weighted by molar-refractivity contribution is 0.433. The minimum absolute atomic E-state index is 0.105. The van der Waals surface area contributed by atoms with Gasteiger partial charge in [0, 0.05) is 12.6 Å². The van der Waals surface area contributed by atoms with E-state index in [1.807, 2.05) is 19.1 Å². The van der Waals surface area contributed by atoms with Crippen molar-refractivity contribution in [2.45, 2.75) is 44.7 Å². The molecule has 2 N–H and O–H groups in total. The van der Waals surface area contributed by atoms with Crippen molar-refractivity contribution < 1.29 is 4.42 Å². The van der Waals surface area contributed by atoms with Crippen LogP contribution in [-0.2, 0) is 0 Å². The van der Waals surface area contributed by atoms with Crippen LogP contribution in [0.1, 0.15) is 43.2 Å². The molecular weight excluding hydrogens is 226 g/mol. The maximum absolute atomic E-state index is 5.73. The summed E-state index contributed by atoms with van der Waals surface area (Å²) in [5, 5.41) is 7.09. The first-order valence-electron chi connectivity index (χ1n) is 6.93. The Morgan fingerprint density at radius 3 is 2.89 bits per heavy atom. The maximum Gasteiger partial charge on any atom is 0.128 e. The molecule has 3 rings (SSSR count). The summed E-state index contributed by atoms with van der Waals surface area (Å²) in [5.74, 6) is 2.98. The zero-order valence-electron chi connectivity index (χ0n) is 10.9. The summed E-state index contributed by atoms with van der Waals surface area (Å²) in [7, 11) is 0. The second-order valence-corrected chi connectivity index (χ2v) is 5.23. The number of hydrogen-bond donors (Lipinski definition) is 2. The van der Waals surface area contributed by atoms with E-state index in [0.29, 0.717) is 6.04 Å². The molecule has 0 saturated heterocycles. The average molecular weight is 247 g/mol. The van der Waals surface area contributed by atoms with E-state index in [0.717, 1.165) is 30.4 Å². The average Bonchev–Trinajstić information content (AvgIpc) is 3.02. The fourth-order valence-electron chi connectivity index (χ4n) is 2.83. The van der Waals surface area contributed by atoms with E-state index < -0.39 is 0 Å². The van der Waals surface area contributed by atoms with Gasteiger partial charge in [0.25, 0.3) is 0 Å². The van der Waals surface area contributed by atoms with Gasteiger partial charge in [-0.2, -0.15) is 0 Å². The fraction of sp³-hybridized carbons (Fsp3) is 0.643. The van der Waals surface area contributed by atoms with Crippen molar-refractivity contribution in [2.24, 2.45) is 4.99 Å². The van der Waals surface area contributed by atoms with E-state index in [2.05, 4.69) is 15.6 Å². The molecule has 0 bridgehead atoms. The monoisotopic (exact) mass is 247 g/mol. The van der Waals surface area contributed by atoms with E-state index in [1.165, 1.54) is 25.7 Å². The van der Waals surface area contributed by atoms with Gasteiger partial charge in [-0.1, -0.05) is 12.8 Å². The van der Waals surface area contributed by atoms with Gasteiger partial charge in [0.05, 0.1) is 6.54 Å². The standard InChI is InChI=1S/C14H21N3O/c1-10-6-7-12(18-10)13-14(16-9-8-15-13)17-11-4-2-3-5-11/h6-7,11,13,15H,2-5,8-9H2,1H3,(H,16,17). The van der Waals surface area contributed by atoms with Crippen LogP contribution in [0, 0.1) is 6.92 Å². The van der Waals surface area contributed by atoms with Crippen molar-refractivity contribution >= 4 is 5.84 Å². The Morgan fingerprint density at radius 1 is 1.33 bits per heavy atom. The third-order valence-electron chi connectivity index (χ3n) is 3.77. The second kappa shape index (κ2) is 5.14. The predicted molar refractivity (Wildman–Crippen MR) is 71.9 cm³/mol. The predicted octanol–water partition coefficient (Wildman–Crippen LogP) is 2.16. The van der Waals surface area contributed by atoms with Crippen LogP contribution in [0.5, 0.6) is 0 Å². The minimum atomic E-state index is 0.105. The highest BCUT2D eigenvalue weighted by molar-refractivity contribution is 5.88. The molecule has 18 heavy (non-hydrogen) atoms. The van der Waals surface area contributed by atoms with Gasteiger partial charge >= 0.3 is 0 Å². The molecule has 0 radical (unpaired) electrons. The van der Waals surface area contributed by atoms with Crippen molar-refractivity contribution in [2.75, 3.05) is 13.1 Å². The number of nitrogens with zero attached hydrogens (tertiary/aromatic N) is 1. The highest BCUT2D eigenvalue weighted by Gasteiger charge is 2.26. The molecule has 98 valence electrons. The van der Waals surface area contributed by atoms with Gasteiger partial charge in [0.1, 0.15) is 23.4 Å². The van der Waals surface area contributed by atoms with Gasteiger partial charge in [-0.25, -0.2) is 0 Å². The van der Waals surface area contributed by atoms with Crippen molar-refractivity contribution in [3.8, 4) is 0 Å². The van der Waals surface area contributed by atoms with Gasteiger partial charge < -0.3 is 9.73 Å². The topological polar surface area (TPSA) is 49.6 Å². The van der Waals surface area contributed by atoms with Crippen LogP contribution in [0.2, 0.25) is 0 Å². The Labute approximate surface area is 108 Å². The van der Waals surface area contributed by atoms with Crippen LogP contribution in [0.15, 0.2) is 21.5 Å². The third kappa shape index (κ3) is 2.43. The molecule has 1 saturated carbocycles. The smallest absolute Gasteiger partial charge is 0.128 e. The summed E-state index contributed by atoms with van der Waals surface area (Å²) in [6.07, 6.45) is 5.21. The number of furan rings is 1. The lowest BCUT2D eigenvalue weighted by Gasteiger charge is -2.26. The molecule has 1 aromatic rings. The second-order valence-electron chi connectivity index (χ2n) is 5.23. The molecule has 1 aliphatic heterocycles. The molecule has 1 aromatic heterocycles.